The molecule has 0 spiro atoms. The number of nitrogens with one attached hydrogen (secondary N) is 1. The highest BCUT2D eigenvalue weighted by molar-refractivity contribution is 6.01. The van der Waals surface area contributed by atoms with Crippen molar-refractivity contribution in [1.82, 2.24) is 25.4 Å². The first kappa shape index (κ1) is 9.35. The normalized spacial score (nSPS) is 10.5. The number of H-pyrrole nitrogens is 1. The summed E-state index contributed by atoms with van der Waals surface area (Å²) in [6, 6.07) is 4.83. The summed E-state index contributed by atoms with van der Waals surface area (Å²) in [5.41, 5.74) is 0.779. The third kappa shape index (κ3) is 1.39. The molecule has 7 heteroatoms. The van der Waals surface area contributed by atoms with Gasteiger partial charge in [-0.2, -0.15) is 10.4 Å². The Balaban J connectivity index is 2.57. The van der Waals surface area contributed by atoms with Crippen LogP contribution in [0.15, 0.2) is 23.1 Å². The Bertz CT molecular complexity index is 831. The second kappa shape index (κ2) is 3.31. The molecule has 0 bridgehead atoms. The van der Waals surface area contributed by atoms with Crippen molar-refractivity contribution in [2.75, 3.05) is 0 Å². The summed E-state index contributed by atoms with van der Waals surface area (Å²) in [6.07, 6.45) is 1.36. The van der Waals surface area contributed by atoms with E-state index < -0.39 is 0 Å². The number of hydrogen-bond acceptors (Lipinski definition) is 6. The van der Waals surface area contributed by atoms with E-state index in [0.29, 0.717) is 21.9 Å². The maximum atomic E-state index is 11.2. The van der Waals surface area contributed by atoms with Gasteiger partial charge in [0.25, 0.3) is 5.56 Å². The lowest BCUT2D eigenvalue weighted by Gasteiger charge is -2.00. The number of aromatic amines is 1. The van der Waals surface area contributed by atoms with E-state index in [2.05, 4.69) is 25.4 Å². The van der Waals surface area contributed by atoms with Gasteiger partial charge in [0.05, 0.1) is 6.20 Å². The van der Waals surface area contributed by atoms with E-state index in [-0.39, 0.29) is 11.3 Å². The number of nitriles is 1. The fourth-order valence-electron chi connectivity index (χ4n) is 1.58. The van der Waals surface area contributed by atoms with Crippen LogP contribution in [0.2, 0.25) is 0 Å². The zero-order chi connectivity index (χ0) is 11.8. The van der Waals surface area contributed by atoms with Crippen LogP contribution in [0.3, 0.4) is 0 Å². The largest absolute Gasteiger partial charge is 0.270 e. The van der Waals surface area contributed by atoms with E-state index in [1.807, 2.05) is 6.07 Å². The predicted molar refractivity (Wildman–Crippen MR) is 58.0 cm³/mol. The number of rotatable bonds is 0. The fourth-order valence-corrected chi connectivity index (χ4v) is 1.58. The topological polar surface area (TPSA) is 108 Å². The van der Waals surface area contributed by atoms with Gasteiger partial charge < -0.3 is 0 Å². The SMILES string of the molecule is N#Cc1cc2c(nnc3cnc(=O)cc32)[nH]n1. The Labute approximate surface area is 93.7 Å². The van der Waals surface area contributed by atoms with Gasteiger partial charge in [-0.25, -0.2) is 4.98 Å². The Morgan fingerprint density at radius 3 is 2.94 bits per heavy atom. The molecule has 0 fully saturated rings. The van der Waals surface area contributed by atoms with Crippen LogP contribution in [0, 0.1) is 11.3 Å². The van der Waals surface area contributed by atoms with Crippen LogP contribution in [0.25, 0.3) is 21.9 Å². The molecular weight excluding hydrogens is 220 g/mol. The first-order valence-electron chi connectivity index (χ1n) is 4.70. The number of hydrogen-bond donors (Lipinski definition) is 1. The molecule has 0 unspecified atom stereocenters. The summed E-state index contributed by atoms with van der Waals surface area (Å²) in [7, 11) is 0. The molecule has 3 aromatic rings. The molecule has 0 aromatic carbocycles. The van der Waals surface area contributed by atoms with Crippen molar-refractivity contribution < 1.29 is 0 Å². The summed E-state index contributed by atoms with van der Waals surface area (Å²) in [5.74, 6) is 0. The molecule has 0 amide bonds. The highest BCUT2D eigenvalue weighted by Crippen LogP contribution is 2.18. The second-order valence-corrected chi connectivity index (χ2v) is 3.37. The van der Waals surface area contributed by atoms with E-state index >= 15 is 0 Å². The van der Waals surface area contributed by atoms with Crippen LogP contribution in [-0.4, -0.2) is 25.4 Å². The Hall–Kier alpha value is -2.88. The molecule has 0 saturated heterocycles. The number of fused-ring (bicyclic) bond motifs is 3. The van der Waals surface area contributed by atoms with Crippen LogP contribution in [0.4, 0.5) is 0 Å². The number of nitrogens with zero attached hydrogens (tertiary/aromatic N) is 5. The second-order valence-electron chi connectivity index (χ2n) is 3.37. The first-order valence-corrected chi connectivity index (χ1v) is 4.70. The summed E-state index contributed by atoms with van der Waals surface area (Å²) in [5, 5.41) is 24.2. The Morgan fingerprint density at radius 2 is 2.12 bits per heavy atom. The molecule has 0 aliphatic carbocycles. The molecule has 3 rings (SSSR count). The third-order valence-electron chi connectivity index (χ3n) is 2.34. The van der Waals surface area contributed by atoms with Crippen molar-refractivity contribution in [2.45, 2.75) is 0 Å². The maximum Gasteiger partial charge on any atom is 0.270 e. The lowest BCUT2D eigenvalue weighted by molar-refractivity contribution is 0.992. The Morgan fingerprint density at radius 1 is 1.24 bits per heavy atom. The summed E-state index contributed by atoms with van der Waals surface area (Å²) < 4.78 is 0. The quantitative estimate of drug-likeness (QED) is 0.544. The fraction of sp³-hybridized carbons (Fsp3) is 0. The van der Waals surface area contributed by atoms with Gasteiger partial charge in [-0.1, -0.05) is 0 Å². The van der Waals surface area contributed by atoms with Crippen molar-refractivity contribution in [3.63, 3.8) is 0 Å². The monoisotopic (exact) mass is 224 g/mol. The Kier molecular flexibility index (Phi) is 1.82. The third-order valence-corrected chi connectivity index (χ3v) is 2.34. The molecule has 3 heterocycles. The highest BCUT2D eigenvalue weighted by Gasteiger charge is 2.06. The molecule has 0 aliphatic rings. The number of aromatic nitrogens is 5. The van der Waals surface area contributed by atoms with Crippen LogP contribution >= 0.6 is 0 Å². The maximum absolute atomic E-state index is 11.2. The van der Waals surface area contributed by atoms with Crippen LogP contribution < -0.4 is 5.56 Å². The van der Waals surface area contributed by atoms with Gasteiger partial charge in [-0.05, 0) is 6.07 Å². The van der Waals surface area contributed by atoms with E-state index in [4.69, 9.17) is 5.26 Å². The smallest absolute Gasteiger partial charge is 0.267 e. The van der Waals surface area contributed by atoms with E-state index in [9.17, 15) is 4.79 Å². The van der Waals surface area contributed by atoms with Gasteiger partial charge in [0, 0.05) is 16.8 Å². The summed E-state index contributed by atoms with van der Waals surface area (Å²) >= 11 is 0. The van der Waals surface area contributed by atoms with E-state index in [1.54, 1.807) is 6.07 Å². The molecule has 1 N–H and O–H groups in total. The van der Waals surface area contributed by atoms with Gasteiger partial charge in [0.15, 0.2) is 11.3 Å². The molecule has 0 atom stereocenters. The zero-order valence-electron chi connectivity index (χ0n) is 8.38. The van der Waals surface area contributed by atoms with Gasteiger partial charge in [-0.3, -0.25) is 9.89 Å². The molecule has 0 aliphatic heterocycles. The van der Waals surface area contributed by atoms with Crippen molar-refractivity contribution in [3.8, 4) is 6.07 Å². The van der Waals surface area contributed by atoms with Gasteiger partial charge >= 0.3 is 0 Å². The van der Waals surface area contributed by atoms with Crippen molar-refractivity contribution in [3.05, 3.63) is 34.4 Å². The molecule has 3 aromatic heterocycles. The lowest BCUT2D eigenvalue weighted by atomic mass is 10.2. The van der Waals surface area contributed by atoms with E-state index in [1.165, 1.54) is 12.3 Å². The molecule has 0 radical (unpaired) electrons. The standard InChI is InChI=1S/C10H4N6O/c11-3-5-1-7-6-2-9(17)12-4-8(6)14-16-10(7)15-13-5/h1-2,4H,(H,15,16). The van der Waals surface area contributed by atoms with Gasteiger partial charge in [0.2, 0.25) is 0 Å². The molecule has 7 nitrogen and oxygen atoms in total. The molecule has 17 heavy (non-hydrogen) atoms. The minimum atomic E-state index is -0.359. The van der Waals surface area contributed by atoms with E-state index in [0.717, 1.165) is 0 Å². The van der Waals surface area contributed by atoms with Crippen molar-refractivity contribution in [1.29, 1.82) is 5.26 Å². The van der Waals surface area contributed by atoms with Crippen LogP contribution in [0.1, 0.15) is 5.69 Å². The average molecular weight is 224 g/mol. The number of pyridine rings is 1. The molecular formula is C10H4N6O. The van der Waals surface area contributed by atoms with Gasteiger partial charge in [-0.15, -0.1) is 10.2 Å². The highest BCUT2D eigenvalue weighted by atomic mass is 16.1. The summed E-state index contributed by atoms with van der Waals surface area (Å²) in [6.45, 7) is 0. The minimum absolute atomic E-state index is 0.219. The molecule has 0 saturated carbocycles. The van der Waals surface area contributed by atoms with Crippen LogP contribution in [0.5, 0.6) is 0 Å². The zero-order valence-corrected chi connectivity index (χ0v) is 8.38. The van der Waals surface area contributed by atoms with Crippen molar-refractivity contribution >= 4 is 21.9 Å². The lowest BCUT2D eigenvalue weighted by Crippen LogP contribution is -2.04. The van der Waals surface area contributed by atoms with Gasteiger partial charge in [0.1, 0.15) is 11.6 Å². The predicted octanol–water partition coefficient (Wildman–Crippen LogP) is 0.133. The van der Waals surface area contributed by atoms with Crippen LogP contribution in [-0.2, 0) is 0 Å². The molecule has 80 valence electrons. The minimum Gasteiger partial charge on any atom is -0.267 e. The first-order chi connectivity index (χ1) is 8.28. The average Bonchev–Trinajstić information content (AvgIpc) is 2.38. The summed E-state index contributed by atoms with van der Waals surface area (Å²) in [4.78, 5) is 14.8. The van der Waals surface area contributed by atoms with Crippen molar-refractivity contribution in [2.24, 2.45) is 0 Å².